The predicted molar refractivity (Wildman–Crippen MR) is 129 cm³/mol. The average Bonchev–Trinajstić information content (AvgIpc) is 3.32. The van der Waals surface area contributed by atoms with Crippen molar-refractivity contribution in [3.63, 3.8) is 0 Å². The quantitative estimate of drug-likeness (QED) is 0.177. The number of aryl methyl sites for hydroxylation is 1. The van der Waals surface area contributed by atoms with Crippen LogP contribution in [0.3, 0.4) is 0 Å². The van der Waals surface area contributed by atoms with Gasteiger partial charge < -0.3 is 33.9 Å². The SMILES string of the molecule is COCCOCOc1ncc(C)cc1C#C[C@]1(Cn2cc3ccc(OC)cc3c2O)NC(=O)NC1=O. The third-order valence-electron chi connectivity index (χ3n) is 5.53. The van der Waals surface area contributed by atoms with Crippen molar-refractivity contribution in [3.05, 3.63) is 47.8 Å². The number of nitrogens with zero attached hydrogens (tertiary/aromatic N) is 2. The molecule has 2 aromatic heterocycles. The molecule has 0 spiro atoms. The molecule has 11 nitrogen and oxygen atoms in total. The first kappa shape index (κ1) is 24.8. The van der Waals surface area contributed by atoms with Crippen LogP contribution in [-0.2, 0) is 20.8 Å². The molecule has 188 valence electrons. The number of carbonyl (C=O) groups excluding carboxylic acids is 2. The number of imide groups is 1. The summed E-state index contributed by atoms with van der Waals surface area (Å²) < 4.78 is 22.5. The zero-order valence-corrected chi connectivity index (χ0v) is 20.1. The van der Waals surface area contributed by atoms with Gasteiger partial charge in [0, 0.05) is 30.3 Å². The third-order valence-corrected chi connectivity index (χ3v) is 5.53. The van der Waals surface area contributed by atoms with Crippen molar-refractivity contribution < 1.29 is 33.6 Å². The summed E-state index contributed by atoms with van der Waals surface area (Å²) in [4.78, 5) is 29.3. The molecule has 0 aliphatic carbocycles. The Kier molecular flexibility index (Phi) is 7.28. The van der Waals surface area contributed by atoms with E-state index in [-0.39, 0.29) is 25.1 Å². The van der Waals surface area contributed by atoms with Crippen molar-refractivity contribution in [3.8, 4) is 29.4 Å². The lowest BCUT2D eigenvalue weighted by atomic mass is 9.99. The minimum absolute atomic E-state index is 0.0657. The normalized spacial score (nSPS) is 16.9. The van der Waals surface area contributed by atoms with Gasteiger partial charge in [-0.25, -0.2) is 9.78 Å². The van der Waals surface area contributed by atoms with Gasteiger partial charge in [0.15, 0.2) is 12.7 Å². The van der Waals surface area contributed by atoms with E-state index >= 15 is 0 Å². The number of carbonyl (C=O) groups is 2. The van der Waals surface area contributed by atoms with E-state index in [2.05, 4.69) is 27.5 Å². The monoisotopic (exact) mass is 494 g/mol. The van der Waals surface area contributed by atoms with Gasteiger partial charge in [-0.15, -0.1) is 0 Å². The molecule has 0 unspecified atom stereocenters. The zero-order chi connectivity index (χ0) is 25.7. The summed E-state index contributed by atoms with van der Waals surface area (Å²) in [6, 6.07) is 6.30. The van der Waals surface area contributed by atoms with Gasteiger partial charge in [0.05, 0.1) is 32.4 Å². The zero-order valence-electron chi connectivity index (χ0n) is 20.1. The van der Waals surface area contributed by atoms with Crippen LogP contribution in [0.2, 0.25) is 0 Å². The summed E-state index contributed by atoms with van der Waals surface area (Å²) in [6.45, 7) is 2.40. The van der Waals surface area contributed by atoms with E-state index in [1.54, 1.807) is 43.8 Å². The predicted octanol–water partition coefficient (Wildman–Crippen LogP) is 1.69. The number of fused-ring (bicyclic) bond motifs is 1. The van der Waals surface area contributed by atoms with Gasteiger partial charge in [-0.2, -0.15) is 0 Å². The average molecular weight is 495 g/mol. The van der Waals surface area contributed by atoms with Crippen LogP contribution in [0.4, 0.5) is 4.79 Å². The maximum Gasteiger partial charge on any atom is 0.323 e. The van der Waals surface area contributed by atoms with Gasteiger partial charge in [0.25, 0.3) is 5.91 Å². The fourth-order valence-corrected chi connectivity index (χ4v) is 3.69. The molecule has 0 bridgehead atoms. The van der Waals surface area contributed by atoms with E-state index in [0.29, 0.717) is 29.9 Å². The van der Waals surface area contributed by atoms with E-state index in [1.165, 1.54) is 11.7 Å². The molecule has 1 aliphatic rings. The number of hydrogen-bond acceptors (Lipinski definition) is 8. The fourth-order valence-electron chi connectivity index (χ4n) is 3.69. The highest BCUT2D eigenvalue weighted by Gasteiger charge is 2.46. The number of amides is 3. The van der Waals surface area contributed by atoms with Crippen LogP contribution in [0.15, 0.2) is 36.7 Å². The third kappa shape index (κ3) is 5.19. The minimum Gasteiger partial charge on any atom is -0.497 e. The molecular formula is C25H26N4O7. The van der Waals surface area contributed by atoms with E-state index in [4.69, 9.17) is 18.9 Å². The van der Waals surface area contributed by atoms with Gasteiger partial charge in [-0.05, 0) is 36.8 Å². The minimum atomic E-state index is -1.65. The summed E-state index contributed by atoms with van der Waals surface area (Å²) in [5.41, 5.74) is -0.418. The summed E-state index contributed by atoms with van der Waals surface area (Å²) in [5, 5.41) is 16.9. The van der Waals surface area contributed by atoms with Crippen LogP contribution in [0.25, 0.3) is 10.8 Å². The molecule has 1 saturated heterocycles. The highest BCUT2D eigenvalue weighted by Crippen LogP contribution is 2.32. The van der Waals surface area contributed by atoms with E-state index in [1.807, 2.05) is 6.92 Å². The topological polar surface area (TPSA) is 133 Å². The summed E-state index contributed by atoms with van der Waals surface area (Å²) in [5.74, 6) is 5.86. The van der Waals surface area contributed by atoms with E-state index < -0.39 is 17.5 Å². The number of nitrogens with one attached hydrogen (secondary N) is 2. The molecule has 1 atom stereocenters. The molecule has 4 rings (SSSR count). The van der Waals surface area contributed by atoms with Crippen molar-refractivity contribution in [1.29, 1.82) is 0 Å². The second-order valence-electron chi connectivity index (χ2n) is 8.13. The fraction of sp³-hybridized carbons (Fsp3) is 0.320. The Balaban J connectivity index is 1.66. The molecule has 3 N–H and O–H groups in total. The molecule has 3 amide bonds. The number of pyridine rings is 1. The van der Waals surface area contributed by atoms with Crippen LogP contribution >= 0.6 is 0 Å². The lowest BCUT2D eigenvalue weighted by molar-refractivity contribution is -0.122. The Bertz CT molecular complexity index is 1360. The number of ether oxygens (including phenoxy) is 4. The van der Waals surface area contributed by atoms with Gasteiger partial charge in [-0.1, -0.05) is 11.8 Å². The summed E-state index contributed by atoms with van der Waals surface area (Å²) in [6.07, 6.45) is 3.29. The van der Waals surface area contributed by atoms with Gasteiger partial charge in [0.1, 0.15) is 5.75 Å². The van der Waals surface area contributed by atoms with E-state index in [9.17, 15) is 14.7 Å². The second kappa shape index (κ2) is 10.6. The van der Waals surface area contributed by atoms with Crippen molar-refractivity contribution in [1.82, 2.24) is 20.2 Å². The highest BCUT2D eigenvalue weighted by atomic mass is 16.7. The highest BCUT2D eigenvalue weighted by molar-refractivity contribution is 6.09. The largest absolute Gasteiger partial charge is 0.497 e. The molecule has 0 saturated carbocycles. The van der Waals surface area contributed by atoms with Gasteiger partial charge >= 0.3 is 6.03 Å². The Morgan fingerprint density at radius 2 is 2.03 bits per heavy atom. The van der Waals surface area contributed by atoms with Crippen molar-refractivity contribution in [2.24, 2.45) is 0 Å². The summed E-state index contributed by atoms with van der Waals surface area (Å²) >= 11 is 0. The Morgan fingerprint density at radius 1 is 1.19 bits per heavy atom. The van der Waals surface area contributed by atoms with Crippen molar-refractivity contribution in [2.45, 2.75) is 19.0 Å². The smallest absolute Gasteiger partial charge is 0.323 e. The molecular weight excluding hydrogens is 468 g/mol. The number of aromatic hydroxyl groups is 1. The lowest BCUT2D eigenvalue weighted by Gasteiger charge is -2.21. The summed E-state index contributed by atoms with van der Waals surface area (Å²) in [7, 11) is 3.10. The maximum absolute atomic E-state index is 12.9. The molecule has 36 heavy (non-hydrogen) atoms. The molecule has 11 heteroatoms. The van der Waals surface area contributed by atoms with Crippen LogP contribution in [0.1, 0.15) is 11.1 Å². The van der Waals surface area contributed by atoms with Crippen LogP contribution in [0, 0.1) is 18.8 Å². The lowest BCUT2D eigenvalue weighted by Crippen LogP contribution is -2.49. The molecule has 1 aromatic carbocycles. The number of urea groups is 1. The Labute approximate surface area is 207 Å². The number of benzene rings is 1. The van der Waals surface area contributed by atoms with Gasteiger partial charge in [0.2, 0.25) is 11.4 Å². The van der Waals surface area contributed by atoms with Crippen LogP contribution in [-0.4, -0.2) is 66.4 Å². The molecule has 1 fully saturated rings. The van der Waals surface area contributed by atoms with Gasteiger partial charge in [-0.3, -0.25) is 10.1 Å². The Hall–Kier alpha value is -4.27. The maximum atomic E-state index is 12.9. The van der Waals surface area contributed by atoms with Crippen LogP contribution < -0.4 is 20.1 Å². The van der Waals surface area contributed by atoms with Crippen molar-refractivity contribution in [2.75, 3.05) is 34.2 Å². The Morgan fingerprint density at radius 3 is 2.75 bits per heavy atom. The van der Waals surface area contributed by atoms with Crippen LogP contribution in [0.5, 0.6) is 17.5 Å². The standard InChI is InChI=1S/C25H26N4O7/c1-16-10-17(21(26-12-16)36-15-35-9-8-33-2)6-7-25(23(31)27-24(32)28-25)14-29-13-18-4-5-19(34-3)11-20(18)22(29)30/h4-5,10-13,30H,8-9,14-15H2,1-3H3,(H2,27,28,31,32)/t25-/m1/s1. The molecule has 0 radical (unpaired) electrons. The molecule has 3 heterocycles. The molecule has 3 aromatic rings. The number of rotatable bonds is 9. The number of methoxy groups -OCH3 is 2. The second-order valence-corrected chi connectivity index (χ2v) is 8.13. The first-order valence-electron chi connectivity index (χ1n) is 11.0. The number of aromatic nitrogens is 2. The molecule has 1 aliphatic heterocycles. The first-order valence-corrected chi connectivity index (χ1v) is 11.0. The number of hydrogen-bond donors (Lipinski definition) is 3. The van der Waals surface area contributed by atoms with Crippen molar-refractivity contribution >= 4 is 22.7 Å². The van der Waals surface area contributed by atoms with E-state index in [0.717, 1.165) is 10.9 Å². The first-order chi connectivity index (χ1) is 17.3.